The van der Waals surface area contributed by atoms with Crippen LogP contribution < -0.4 is 35.6 Å². The average Bonchev–Trinajstić information content (AvgIpc) is 3.88. The Morgan fingerprint density at radius 1 is 0.772 bits per heavy atom. The van der Waals surface area contributed by atoms with E-state index in [2.05, 4.69) is 35.0 Å². The quantitative estimate of drug-likeness (QED) is 0.0241. The highest BCUT2D eigenvalue weighted by Gasteiger charge is 2.56. The van der Waals surface area contributed by atoms with Gasteiger partial charge in [-0.25, -0.2) is 24.2 Å². The molecule has 2 saturated heterocycles. The standard InChI is InChI=1S/C30H38IN6O9P.C15H22IN6O9P/c1-16(25(39)43-15-29(2,3)4)36-47(41,46-19-13-9-11-17-10-7-8-12-18(17)19)44-14-20-22(38)30(5,40)26(45-20)37-23-21(33-27(37)31)24(42-6)35-28(32)34-23;1-5(11(24)25)21-32(27,28)30-4-6-8(23)15(2,26)12(31-6)22-9-7(18-13(22)16)10(29-3)20-14(17)19-9/h7-13,16,20,22,26,38,40H,14-15H2,1-6H3,(H,36,41)(H2,32,34,35);5-6,8,12,23,26H,4H2,1-3H3,(H,24,25)(H2,17,19,20)(H2,21,27,28)/t16?,20-,22-,26-,30-,47?;5-,6+,8+,12+,15+/m10/s1. The number of nitrogen functional groups attached to an aromatic ring is 2. The lowest BCUT2D eigenvalue weighted by atomic mass is 9.96. The fraction of sp³-hybridized carbons (Fsp3) is 0.511. The van der Waals surface area contributed by atoms with E-state index in [1.54, 1.807) is 24.3 Å². The van der Waals surface area contributed by atoms with Crippen LogP contribution in [0.2, 0.25) is 0 Å². The van der Waals surface area contributed by atoms with Crippen molar-refractivity contribution >= 4 is 118 Å². The van der Waals surface area contributed by atoms with E-state index < -0.39 is 101 Å². The third-order valence-corrected chi connectivity index (χ3v) is 16.6. The first-order valence-electron chi connectivity index (χ1n) is 23.8. The minimum Gasteiger partial charge on any atom is -0.480 e. The number of anilines is 2. The van der Waals surface area contributed by atoms with Gasteiger partial charge in [0, 0.05) is 50.6 Å². The van der Waals surface area contributed by atoms with Gasteiger partial charge in [0.15, 0.2) is 42.4 Å². The highest BCUT2D eigenvalue weighted by atomic mass is 127. The number of aromatic nitrogens is 8. The molecule has 3 unspecified atom stereocenters. The molecule has 30 nitrogen and oxygen atoms in total. The van der Waals surface area contributed by atoms with Crippen LogP contribution in [0.1, 0.15) is 60.9 Å². The van der Waals surface area contributed by atoms with E-state index in [9.17, 15) is 44.0 Å². The Labute approximate surface area is 477 Å². The van der Waals surface area contributed by atoms with Gasteiger partial charge in [-0.1, -0.05) is 57.2 Å². The summed E-state index contributed by atoms with van der Waals surface area (Å²) >= 11 is 3.79. The molecule has 12 N–H and O–H groups in total. The summed E-state index contributed by atoms with van der Waals surface area (Å²) in [6.07, 6.45) is -8.06. The lowest BCUT2D eigenvalue weighted by Gasteiger charge is -2.28. The second kappa shape index (κ2) is 24.0. The molecule has 0 saturated carbocycles. The lowest BCUT2D eigenvalue weighted by Crippen LogP contribution is -2.45. The van der Waals surface area contributed by atoms with Crippen molar-refractivity contribution in [1.82, 2.24) is 49.2 Å². The third kappa shape index (κ3) is 13.6. The Morgan fingerprint density at radius 3 is 1.73 bits per heavy atom. The summed E-state index contributed by atoms with van der Waals surface area (Å²) in [6, 6.07) is 10.1. The average molecular weight is 1370 g/mol. The minimum atomic E-state index is -4.55. The molecule has 2 aliphatic heterocycles. The number of nitrogens with two attached hydrogens (primary N) is 2. The van der Waals surface area contributed by atoms with Crippen molar-refractivity contribution in [3.8, 4) is 17.5 Å². The van der Waals surface area contributed by atoms with Crippen LogP contribution in [0.15, 0.2) is 42.5 Å². The highest BCUT2D eigenvalue weighted by Crippen LogP contribution is 2.50. The van der Waals surface area contributed by atoms with Gasteiger partial charge in [0.1, 0.15) is 53.5 Å². The van der Waals surface area contributed by atoms with Gasteiger partial charge in [0.25, 0.3) is 0 Å². The number of halogens is 2. The minimum absolute atomic E-state index is 0.0991. The molecule has 0 spiro atoms. The van der Waals surface area contributed by atoms with Crippen LogP contribution >= 0.6 is 60.7 Å². The van der Waals surface area contributed by atoms with Crippen molar-refractivity contribution in [2.45, 2.75) is 109 Å². The number of carbonyl (C=O) groups is 2. The van der Waals surface area contributed by atoms with Gasteiger partial charge < -0.3 is 70.1 Å². The molecule has 0 radical (unpaired) electrons. The maximum atomic E-state index is 14.4. The summed E-state index contributed by atoms with van der Waals surface area (Å²) in [6.45, 7) is 10.0. The number of aliphatic carboxylic acids is 1. The molecule has 34 heteroatoms. The molecule has 4 aromatic heterocycles. The zero-order chi connectivity index (χ0) is 58.3. The summed E-state index contributed by atoms with van der Waals surface area (Å²) in [4.78, 5) is 58.7. The Hall–Kier alpha value is -4.78. The van der Waals surface area contributed by atoms with Gasteiger partial charge in [-0.3, -0.25) is 27.8 Å². The molecular weight excluding hydrogens is 1310 g/mol. The number of methoxy groups -OCH3 is 2. The van der Waals surface area contributed by atoms with Crippen LogP contribution in [-0.4, -0.2) is 163 Å². The number of imidazole rings is 2. The predicted octanol–water partition coefficient (Wildman–Crippen LogP) is 3.17. The van der Waals surface area contributed by atoms with Crippen molar-refractivity contribution in [2.24, 2.45) is 5.41 Å². The maximum absolute atomic E-state index is 14.4. The Balaban J connectivity index is 0.000000246. The summed E-state index contributed by atoms with van der Waals surface area (Å²) in [5, 5.41) is 59.3. The van der Waals surface area contributed by atoms with Crippen LogP contribution in [0, 0.1) is 13.1 Å². The number of hydrogen-bond acceptors (Lipinski definition) is 24. The summed E-state index contributed by atoms with van der Waals surface area (Å²) < 4.78 is 74.5. The zero-order valence-electron chi connectivity index (χ0n) is 43.7. The number of ether oxygens (including phenoxy) is 5. The number of carbonyl (C=O) groups excluding carboxylic acids is 1. The predicted molar refractivity (Wildman–Crippen MR) is 296 cm³/mol. The fourth-order valence-corrected chi connectivity index (χ4v) is 12.2. The largest absolute Gasteiger partial charge is 0.480 e. The molecule has 2 fully saturated rings. The molecule has 432 valence electrons. The first-order valence-corrected chi connectivity index (χ1v) is 29.0. The van der Waals surface area contributed by atoms with Crippen molar-refractivity contribution in [3.63, 3.8) is 0 Å². The van der Waals surface area contributed by atoms with E-state index in [0.29, 0.717) is 13.0 Å². The van der Waals surface area contributed by atoms with E-state index in [-0.39, 0.29) is 63.8 Å². The number of nitrogens with zero attached hydrogens (tertiary/aromatic N) is 8. The molecule has 6 heterocycles. The molecule has 79 heavy (non-hydrogen) atoms. The van der Waals surface area contributed by atoms with Crippen LogP contribution in [-0.2, 0) is 42.0 Å². The van der Waals surface area contributed by atoms with Gasteiger partial charge in [-0.2, -0.15) is 25.0 Å². The van der Waals surface area contributed by atoms with Gasteiger partial charge in [0.2, 0.25) is 23.7 Å². The molecule has 0 amide bonds. The van der Waals surface area contributed by atoms with Gasteiger partial charge >= 0.3 is 27.4 Å². The number of aliphatic hydroxyl groups excluding tert-OH is 2. The van der Waals surface area contributed by atoms with Crippen LogP contribution in [0.25, 0.3) is 33.1 Å². The number of benzene rings is 2. The number of aliphatic hydroxyl groups is 4. The van der Waals surface area contributed by atoms with Gasteiger partial charge in [-0.15, -0.1) is 0 Å². The van der Waals surface area contributed by atoms with Gasteiger partial charge in [0.05, 0.1) is 34.0 Å². The summed E-state index contributed by atoms with van der Waals surface area (Å²) in [5.74, 6) is -1.79. The maximum Gasteiger partial charge on any atom is 0.459 e. The topological polar surface area (TPSA) is 427 Å². The molecule has 8 rings (SSSR count). The van der Waals surface area contributed by atoms with Crippen LogP contribution in [0.4, 0.5) is 11.9 Å². The second-order valence-electron chi connectivity index (χ2n) is 19.8. The van der Waals surface area contributed by atoms with Crippen LogP contribution in [0.3, 0.4) is 0 Å². The van der Waals surface area contributed by atoms with E-state index in [1.165, 1.54) is 44.1 Å². The number of hydrogen-bond donors (Lipinski definition) is 10. The molecule has 6 aromatic rings. The first kappa shape index (κ1) is 61.8. The molecule has 0 aliphatic carbocycles. The fourth-order valence-electron chi connectivity index (χ4n) is 8.16. The first-order chi connectivity index (χ1) is 36.8. The molecule has 0 bridgehead atoms. The Bertz CT molecular complexity index is 3320. The van der Waals surface area contributed by atoms with E-state index in [1.807, 2.05) is 89.2 Å². The third-order valence-electron chi connectivity index (χ3n) is 12.2. The molecular formula is C45H60I2N12O18P2. The lowest BCUT2D eigenvalue weighted by molar-refractivity contribution is -0.148. The zero-order valence-corrected chi connectivity index (χ0v) is 49.9. The van der Waals surface area contributed by atoms with Crippen molar-refractivity contribution in [1.29, 1.82) is 0 Å². The Kier molecular flexibility index (Phi) is 18.8. The van der Waals surface area contributed by atoms with E-state index >= 15 is 0 Å². The van der Waals surface area contributed by atoms with E-state index in [0.717, 1.165) is 12.3 Å². The van der Waals surface area contributed by atoms with Crippen molar-refractivity contribution < 1.29 is 86.4 Å². The number of rotatable bonds is 19. The summed E-state index contributed by atoms with van der Waals surface area (Å²) in [5.41, 5.74) is 8.39. The normalized spacial score (nSPS) is 25.5. The number of fused-ring (bicyclic) bond motifs is 3. The number of nitrogens with one attached hydrogen (secondary N) is 2. The second-order valence-corrected chi connectivity index (χ2v) is 25.0. The van der Waals surface area contributed by atoms with Crippen molar-refractivity contribution in [3.05, 3.63) is 50.1 Å². The monoisotopic (exact) mass is 1370 g/mol. The van der Waals surface area contributed by atoms with E-state index in [4.69, 9.17) is 53.8 Å². The SMILES string of the molecule is COc1nc(N)nc2c1nc(I)n2[C@@H]1O[C@H](COP(=O)(NC(C)C(=O)OCC(C)(C)C)Oc2cccc3ccccc23)[C@@H](O)[C@@]1(C)O.COc1nc(N)nc2c1nc(I)n2[C@@H]1O[C@H](COP(=O)(O)N[C@@H](C)C(=O)O)[C@@H](O)[C@@]1(C)O. The molecule has 2 aromatic carbocycles. The molecule has 2 aliphatic rings. The summed E-state index contributed by atoms with van der Waals surface area (Å²) in [7, 11) is -6.15. The highest BCUT2D eigenvalue weighted by molar-refractivity contribution is 14.1. The van der Waals surface area contributed by atoms with Crippen molar-refractivity contribution in [2.75, 3.05) is 45.5 Å². The van der Waals surface area contributed by atoms with Gasteiger partial charge in [-0.05, 0) is 44.6 Å². The van der Waals surface area contributed by atoms with Crippen LogP contribution in [0.5, 0.6) is 17.5 Å². The number of esters is 1. The number of carboxylic acid groups (broad SMARTS) is 1. The smallest absolute Gasteiger partial charge is 0.459 e. The molecule has 12 atom stereocenters. The Morgan fingerprint density at radius 2 is 1.25 bits per heavy atom. The number of carboxylic acids is 1.